The minimum absolute atomic E-state index is 0.323. The number of nitrogens with one attached hydrogen (secondary N) is 1. The summed E-state index contributed by atoms with van der Waals surface area (Å²) in [7, 11) is 0. The maximum absolute atomic E-state index is 11.8. The van der Waals surface area contributed by atoms with Crippen molar-refractivity contribution in [3.05, 3.63) is 42.2 Å². The Morgan fingerprint density at radius 2 is 2.11 bits per heavy atom. The average molecular weight is 244 g/mol. The Morgan fingerprint density at radius 3 is 2.83 bits per heavy atom. The molecular formula is C14H16N2O2. The smallest absolute Gasteiger partial charge is 0.271 e. The van der Waals surface area contributed by atoms with E-state index in [1.807, 2.05) is 31.2 Å². The third-order valence-electron chi connectivity index (χ3n) is 2.72. The van der Waals surface area contributed by atoms with Gasteiger partial charge in [-0.15, -0.1) is 0 Å². The molecule has 0 saturated carbocycles. The first-order valence-electron chi connectivity index (χ1n) is 6.04. The van der Waals surface area contributed by atoms with Crippen molar-refractivity contribution in [2.24, 2.45) is 0 Å². The fourth-order valence-electron chi connectivity index (χ4n) is 1.78. The van der Waals surface area contributed by atoms with Crippen molar-refractivity contribution in [1.82, 2.24) is 10.3 Å². The van der Waals surface area contributed by atoms with E-state index in [-0.39, 0.29) is 5.91 Å². The molecule has 18 heavy (non-hydrogen) atoms. The molecule has 0 bridgehead atoms. The number of pyridine rings is 1. The van der Waals surface area contributed by atoms with E-state index in [1.165, 1.54) is 0 Å². The quantitative estimate of drug-likeness (QED) is 0.809. The van der Waals surface area contributed by atoms with E-state index in [0.29, 0.717) is 12.1 Å². The number of carbonyl (C=O) groups is 1. The Hall–Kier alpha value is -1.94. The lowest BCUT2D eigenvalue weighted by molar-refractivity contribution is 0.0759. The summed E-state index contributed by atoms with van der Waals surface area (Å²) in [4.78, 5) is 15.9. The van der Waals surface area contributed by atoms with Gasteiger partial charge in [-0.25, -0.2) is 0 Å². The van der Waals surface area contributed by atoms with Crippen LogP contribution in [-0.2, 0) is 0 Å². The molecule has 1 atom stereocenters. The summed E-state index contributed by atoms with van der Waals surface area (Å²) in [6.07, 6.45) is 2.21. The molecule has 0 aliphatic carbocycles. The zero-order valence-corrected chi connectivity index (χ0v) is 10.3. The number of aromatic nitrogens is 1. The van der Waals surface area contributed by atoms with Crippen LogP contribution in [0.25, 0.3) is 10.8 Å². The highest BCUT2D eigenvalue weighted by molar-refractivity contribution is 5.96. The third kappa shape index (κ3) is 2.84. The van der Waals surface area contributed by atoms with E-state index < -0.39 is 6.23 Å². The van der Waals surface area contributed by atoms with E-state index in [1.54, 1.807) is 12.3 Å². The van der Waals surface area contributed by atoms with E-state index in [0.717, 1.165) is 17.2 Å². The number of carbonyl (C=O) groups excluding carboxylic acids is 1. The molecule has 1 aromatic heterocycles. The monoisotopic (exact) mass is 244 g/mol. The van der Waals surface area contributed by atoms with Crippen LogP contribution in [0, 0.1) is 0 Å². The molecule has 94 valence electrons. The first-order chi connectivity index (χ1) is 8.70. The predicted molar refractivity (Wildman–Crippen MR) is 70.1 cm³/mol. The molecule has 0 fully saturated rings. The fraction of sp³-hybridized carbons (Fsp3) is 0.286. The van der Waals surface area contributed by atoms with E-state index in [4.69, 9.17) is 0 Å². The van der Waals surface area contributed by atoms with Crippen molar-refractivity contribution in [3.8, 4) is 0 Å². The van der Waals surface area contributed by atoms with Crippen molar-refractivity contribution in [3.63, 3.8) is 0 Å². The molecular weight excluding hydrogens is 228 g/mol. The molecule has 2 aromatic rings. The van der Waals surface area contributed by atoms with Gasteiger partial charge < -0.3 is 10.4 Å². The van der Waals surface area contributed by atoms with Crippen LogP contribution < -0.4 is 5.32 Å². The molecule has 1 aromatic carbocycles. The Labute approximate surface area is 106 Å². The first-order valence-corrected chi connectivity index (χ1v) is 6.04. The number of rotatable bonds is 4. The van der Waals surface area contributed by atoms with E-state index >= 15 is 0 Å². The van der Waals surface area contributed by atoms with Gasteiger partial charge in [0.1, 0.15) is 11.9 Å². The van der Waals surface area contributed by atoms with Crippen LogP contribution in [0.3, 0.4) is 0 Å². The van der Waals surface area contributed by atoms with Gasteiger partial charge in [-0.05, 0) is 17.9 Å². The van der Waals surface area contributed by atoms with E-state index in [9.17, 15) is 9.90 Å². The van der Waals surface area contributed by atoms with Crippen molar-refractivity contribution in [2.45, 2.75) is 26.0 Å². The van der Waals surface area contributed by atoms with Crippen LogP contribution in [0.5, 0.6) is 0 Å². The Bertz CT molecular complexity index is 554. The molecule has 0 radical (unpaired) electrons. The molecule has 1 heterocycles. The second-order valence-electron chi connectivity index (χ2n) is 4.19. The normalized spacial score (nSPS) is 12.3. The number of aliphatic hydroxyl groups is 1. The van der Waals surface area contributed by atoms with Gasteiger partial charge in [-0.1, -0.05) is 37.6 Å². The first kappa shape index (κ1) is 12.5. The zero-order valence-electron chi connectivity index (χ0n) is 10.3. The summed E-state index contributed by atoms with van der Waals surface area (Å²) in [5, 5.41) is 14.0. The van der Waals surface area contributed by atoms with Gasteiger partial charge in [-0.2, -0.15) is 0 Å². The Morgan fingerprint density at radius 1 is 1.39 bits per heavy atom. The van der Waals surface area contributed by atoms with Crippen LogP contribution in [-0.4, -0.2) is 22.2 Å². The summed E-state index contributed by atoms with van der Waals surface area (Å²) in [5.74, 6) is -0.346. The number of fused-ring (bicyclic) bond motifs is 1. The maximum Gasteiger partial charge on any atom is 0.271 e. The van der Waals surface area contributed by atoms with Crippen molar-refractivity contribution >= 4 is 16.7 Å². The molecule has 4 heteroatoms. The van der Waals surface area contributed by atoms with Gasteiger partial charge >= 0.3 is 0 Å². The van der Waals surface area contributed by atoms with Crippen molar-refractivity contribution < 1.29 is 9.90 Å². The van der Waals surface area contributed by atoms with Gasteiger partial charge in [0, 0.05) is 11.6 Å². The SMILES string of the molecule is CCCC(O)NC(=O)c1cc2ccccc2cn1. The maximum atomic E-state index is 11.8. The molecule has 0 spiro atoms. The predicted octanol–water partition coefficient (Wildman–Crippen LogP) is 2.08. The van der Waals surface area contributed by atoms with Gasteiger partial charge in [-0.3, -0.25) is 9.78 Å². The number of amides is 1. The van der Waals surface area contributed by atoms with E-state index in [2.05, 4.69) is 10.3 Å². The average Bonchev–Trinajstić information content (AvgIpc) is 2.38. The largest absolute Gasteiger partial charge is 0.374 e. The lowest BCUT2D eigenvalue weighted by Gasteiger charge is -2.11. The molecule has 0 aliphatic heterocycles. The molecule has 2 N–H and O–H groups in total. The summed E-state index contributed by atoms with van der Waals surface area (Å²) < 4.78 is 0. The van der Waals surface area contributed by atoms with Crippen LogP contribution in [0.2, 0.25) is 0 Å². The highest BCUT2D eigenvalue weighted by Gasteiger charge is 2.11. The Kier molecular flexibility index (Phi) is 3.89. The standard InChI is InChI=1S/C14H16N2O2/c1-2-5-13(17)16-14(18)12-8-10-6-3-4-7-11(10)9-15-12/h3-4,6-9,13,17H,2,5H2,1H3,(H,16,18). The number of hydrogen-bond acceptors (Lipinski definition) is 3. The van der Waals surface area contributed by atoms with Crippen LogP contribution in [0.15, 0.2) is 36.5 Å². The molecule has 1 amide bonds. The highest BCUT2D eigenvalue weighted by Crippen LogP contribution is 2.13. The minimum atomic E-state index is -0.809. The topological polar surface area (TPSA) is 62.2 Å². The highest BCUT2D eigenvalue weighted by atomic mass is 16.3. The van der Waals surface area contributed by atoms with Crippen LogP contribution in [0.4, 0.5) is 0 Å². The Balaban J connectivity index is 2.17. The lowest BCUT2D eigenvalue weighted by atomic mass is 10.1. The summed E-state index contributed by atoms with van der Waals surface area (Å²) in [5.41, 5.74) is 0.323. The third-order valence-corrected chi connectivity index (χ3v) is 2.72. The summed E-state index contributed by atoms with van der Waals surface area (Å²) >= 11 is 0. The molecule has 0 saturated heterocycles. The minimum Gasteiger partial charge on any atom is -0.374 e. The number of benzene rings is 1. The van der Waals surface area contributed by atoms with Crippen molar-refractivity contribution in [2.75, 3.05) is 0 Å². The van der Waals surface area contributed by atoms with Crippen LogP contribution in [0.1, 0.15) is 30.3 Å². The van der Waals surface area contributed by atoms with Gasteiger partial charge in [0.15, 0.2) is 0 Å². The van der Waals surface area contributed by atoms with Gasteiger partial charge in [0.05, 0.1) is 0 Å². The second-order valence-corrected chi connectivity index (χ2v) is 4.19. The second kappa shape index (κ2) is 5.60. The zero-order chi connectivity index (χ0) is 13.0. The molecule has 4 nitrogen and oxygen atoms in total. The molecule has 1 unspecified atom stereocenters. The molecule has 2 rings (SSSR count). The summed E-state index contributed by atoms with van der Waals surface area (Å²) in [6.45, 7) is 1.95. The molecule has 0 aliphatic rings. The number of hydrogen-bond donors (Lipinski definition) is 2. The summed E-state index contributed by atoms with van der Waals surface area (Å²) in [6, 6.07) is 9.43. The van der Waals surface area contributed by atoms with Crippen molar-refractivity contribution in [1.29, 1.82) is 0 Å². The number of nitrogens with zero attached hydrogens (tertiary/aromatic N) is 1. The lowest BCUT2D eigenvalue weighted by Crippen LogP contribution is -2.34. The number of aliphatic hydroxyl groups excluding tert-OH is 1. The van der Waals surface area contributed by atoms with Gasteiger partial charge in [0.2, 0.25) is 0 Å². The fourth-order valence-corrected chi connectivity index (χ4v) is 1.78. The van der Waals surface area contributed by atoms with Crippen LogP contribution >= 0.6 is 0 Å². The van der Waals surface area contributed by atoms with Gasteiger partial charge in [0.25, 0.3) is 5.91 Å².